The summed E-state index contributed by atoms with van der Waals surface area (Å²) in [5, 5.41) is 50.8. The maximum Gasteiger partial charge on any atom is 0.340 e. The van der Waals surface area contributed by atoms with Gasteiger partial charge in [0, 0.05) is 46.9 Å². The Labute approximate surface area is 298 Å². The summed E-state index contributed by atoms with van der Waals surface area (Å²) in [7, 11) is 0. The lowest BCUT2D eigenvalue weighted by Crippen LogP contribution is -2.32. The number of hydrogen-bond donors (Lipinski definition) is 5. The fraction of sp³-hybridized carbons (Fsp3) is 0.195. The average Bonchev–Trinajstić information content (AvgIpc) is 3.43. The zero-order valence-corrected chi connectivity index (χ0v) is 27.7. The lowest BCUT2D eigenvalue weighted by Gasteiger charge is -2.36. The van der Waals surface area contributed by atoms with Crippen LogP contribution in [0.4, 0.5) is 0 Å². The van der Waals surface area contributed by atoms with Crippen LogP contribution in [0.15, 0.2) is 97.1 Å². The van der Waals surface area contributed by atoms with Crippen LogP contribution in [0.1, 0.15) is 56.1 Å². The molecule has 0 amide bonds. The third kappa shape index (κ3) is 5.46. The first-order valence-corrected chi connectivity index (χ1v) is 16.8. The van der Waals surface area contributed by atoms with Crippen LogP contribution in [0.3, 0.4) is 0 Å². The van der Waals surface area contributed by atoms with Gasteiger partial charge in [-0.2, -0.15) is 0 Å². The molecule has 3 aliphatic heterocycles. The highest BCUT2D eigenvalue weighted by molar-refractivity contribution is 5.97. The molecule has 0 fully saturated rings. The highest BCUT2D eigenvalue weighted by atomic mass is 16.6. The Morgan fingerprint density at radius 1 is 0.769 bits per heavy atom. The largest absolute Gasteiger partial charge is 0.508 e. The maximum absolute atomic E-state index is 13.0. The molecule has 3 heterocycles. The number of fused-ring (bicyclic) bond motifs is 7. The molecule has 0 aromatic heterocycles. The summed E-state index contributed by atoms with van der Waals surface area (Å²) in [6.07, 6.45) is 4.39. The van der Waals surface area contributed by atoms with Gasteiger partial charge in [-0.15, -0.1) is 0 Å². The van der Waals surface area contributed by atoms with Crippen LogP contribution < -0.4 is 18.9 Å². The molecule has 11 heteroatoms. The van der Waals surface area contributed by atoms with Crippen LogP contribution in [0.5, 0.6) is 51.7 Å². The first-order valence-electron chi connectivity index (χ1n) is 16.8. The van der Waals surface area contributed by atoms with Gasteiger partial charge < -0.3 is 49.2 Å². The highest BCUT2D eigenvalue weighted by Crippen LogP contribution is 2.57. The molecule has 0 bridgehead atoms. The zero-order chi connectivity index (χ0) is 36.0. The highest BCUT2D eigenvalue weighted by Gasteiger charge is 2.53. The number of phenolic OH excluding ortho intramolecular Hbond substituents is 4. The van der Waals surface area contributed by atoms with Crippen LogP contribution in [-0.4, -0.2) is 57.9 Å². The monoisotopic (exact) mass is 702 g/mol. The maximum atomic E-state index is 13.0. The second-order valence-corrected chi connectivity index (χ2v) is 12.7. The van der Waals surface area contributed by atoms with Gasteiger partial charge in [0.05, 0.1) is 12.2 Å². The third-order valence-corrected chi connectivity index (χ3v) is 9.65. The molecule has 2 atom stereocenters. The molecule has 5 aromatic rings. The van der Waals surface area contributed by atoms with Crippen molar-refractivity contribution < 1.29 is 54.0 Å². The van der Waals surface area contributed by atoms with Crippen molar-refractivity contribution in [3.63, 3.8) is 0 Å². The van der Waals surface area contributed by atoms with Gasteiger partial charge in [0.15, 0.2) is 28.6 Å². The normalized spacial score (nSPS) is 18.1. The summed E-state index contributed by atoms with van der Waals surface area (Å²) in [6, 6.07) is 23.5. The quantitative estimate of drug-likeness (QED) is 0.0644. The van der Waals surface area contributed by atoms with Crippen molar-refractivity contribution in [1.29, 1.82) is 0 Å². The molecule has 5 aromatic carbocycles. The van der Waals surface area contributed by atoms with Gasteiger partial charge in [-0.05, 0) is 84.7 Å². The Balaban J connectivity index is 0.978. The van der Waals surface area contributed by atoms with Crippen LogP contribution in [0.25, 0.3) is 0 Å². The summed E-state index contributed by atoms with van der Waals surface area (Å²) in [5.41, 5.74) is 3.33. The van der Waals surface area contributed by atoms with E-state index in [0.29, 0.717) is 70.3 Å². The van der Waals surface area contributed by atoms with Crippen molar-refractivity contribution in [2.24, 2.45) is 0 Å². The fourth-order valence-corrected chi connectivity index (χ4v) is 7.33. The van der Waals surface area contributed by atoms with Gasteiger partial charge in [-0.3, -0.25) is 0 Å². The van der Waals surface area contributed by atoms with Gasteiger partial charge in [0.2, 0.25) is 5.75 Å². The Kier molecular flexibility index (Phi) is 8.27. The molecule has 52 heavy (non-hydrogen) atoms. The van der Waals surface area contributed by atoms with E-state index >= 15 is 0 Å². The molecule has 8 rings (SSSR count). The fourth-order valence-electron chi connectivity index (χ4n) is 7.33. The van der Waals surface area contributed by atoms with Gasteiger partial charge in [-0.25, -0.2) is 4.79 Å². The van der Waals surface area contributed by atoms with Crippen molar-refractivity contribution >= 4 is 5.97 Å². The average molecular weight is 703 g/mol. The molecule has 11 nitrogen and oxygen atoms in total. The van der Waals surface area contributed by atoms with Crippen molar-refractivity contribution in [2.75, 3.05) is 26.4 Å². The van der Waals surface area contributed by atoms with Crippen LogP contribution in [0.2, 0.25) is 0 Å². The molecular weight excluding hydrogens is 668 g/mol. The zero-order valence-electron chi connectivity index (χ0n) is 27.7. The molecule has 1 spiro atoms. The van der Waals surface area contributed by atoms with Crippen molar-refractivity contribution in [3.8, 4) is 51.7 Å². The van der Waals surface area contributed by atoms with Crippen molar-refractivity contribution in [1.82, 2.24) is 0 Å². The number of esters is 1. The van der Waals surface area contributed by atoms with Gasteiger partial charge in [-0.1, -0.05) is 24.3 Å². The summed E-state index contributed by atoms with van der Waals surface area (Å²) < 4.78 is 30.3. The minimum Gasteiger partial charge on any atom is -0.508 e. The van der Waals surface area contributed by atoms with Gasteiger partial charge in [0.1, 0.15) is 36.2 Å². The summed E-state index contributed by atoms with van der Waals surface area (Å²) in [5.74, 6) is 0.575. The predicted octanol–water partition coefficient (Wildman–Crippen LogP) is 6.54. The Bertz CT molecular complexity index is 2240. The minimum absolute atomic E-state index is 0.00949. The van der Waals surface area contributed by atoms with Crippen molar-refractivity contribution in [2.45, 2.75) is 24.4 Å². The second kappa shape index (κ2) is 13.1. The van der Waals surface area contributed by atoms with Gasteiger partial charge >= 0.3 is 5.97 Å². The molecular formula is C41H34O11. The Morgan fingerprint density at radius 2 is 1.52 bits per heavy atom. The molecule has 3 aliphatic rings. The number of hydrogen-bond acceptors (Lipinski definition) is 11. The van der Waals surface area contributed by atoms with E-state index in [1.165, 1.54) is 30.3 Å². The number of ether oxygens (including phenoxy) is 5. The number of carbonyl (C=O) groups is 1. The molecule has 0 saturated carbocycles. The Hall–Kier alpha value is -6.33. The third-order valence-electron chi connectivity index (χ3n) is 9.65. The predicted molar refractivity (Wildman–Crippen MR) is 187 cm³/mol. The van der Waals surface area contributed by atoms with Crippen molar-refractivity contribution in [3.05, 3.63) is 136 Å². The van der Waals surface area contributed by atoms with E-state index in [2.05, 4.69) is 0 Å². The number of aromatic hydroxyl groups is 4. The summed E-state index contributed by atoms with van der Waals surface area (Å²) in [4.78, 5) is 13.0. The second-order valence-electron chi connectivity index (χ2n) is 12.7. The van der Waals surface area contributed by atoms with E-state index in [0.717, 1.165) is 11.1 Å². The number of phenols is 4. The number of benzene rings is 5. The van der Waals surface area contributed by atoms with E-state index in [9.17, 15) is 30.3 Å². The van der Waals surface area contributed by atoms with Crippen LogP contribution in [0, 0.1) is 0 Å². The topological polar surface area (TPSA) is 164 Å². The lowest BCUT2D eigenvalue weighted by atomic mass is 9.77. The lowest BCUT2D eigenvalue weighted by molar-refractivity contribution is 0.0224. The summed E-state index contributed by atoms with van der Waals surface area (Å²) >= 11 is 0. The first-order chi connectivity index (χ1) is 25.3. The molecule has 0 aliphatic carbocycles. The minimum atomic E-state index is -1.25. The van der Waals surface area contributed by atoms with E-state index in [4.69, 9.17) is 23.7 Å². The summed E-state index contributed by atoms with van der Waals surface area (Å²) in [6.45, 7) is 0.477. The van der Waals surface area contributed by atoms with E-state index in [1.807, 2.05) is 18.2 Å². The van der Waals surface area contributed by atoms with E-state index in [-0.39, 0.29) is 54.5 Å². The molecule has 264 valence electrons. The Morgan fingerprint density at radius 3 is 2.35 bits per heavy atom. The first kappa shape index (κ1) is 32.9. The number of rotatable bonds is 9. The molecule has 0 radical (unpaired) electrons. The molecule has 5 N–H and O–H groups in total. The smallest absolute Gasteiger partial charge is 0.340 e. The standard InChI is InChI=1S/C41H34O11/c42-15-13-23-19-34(45)35(46)22-29(23)26-14-18-50-38-27(26)9-12-33(44)39(38)49-17-4-3-16-48-25-8-11-32-37(21-25)51-36-20-24(43)7-10-31(36)41(32)30-6-2-1-5-28(30)40(47)52-41/h1-12,19-22,26,42-46H,13-18H2/b4-3+. The number of aliphatic hydroxyl groups excluding tert-OH is 1. The molecule has 2 unspecified atom stereocenters. The number of aliphatic hydroxyl groups is 1. The number of carbonyl (C=O) groups excluding carboxylic acids is 1. The molecule has 0 saturated heterocycles. The van der Waals surface area contributed by atoms with E-state index < -0.39 is 11.6 Å². The van der Waals surface area contributed by atoms with Gasteiger partial charge in [0.25, 0.3) is 0 Å². The SMILES string of the molecule is O=C1OC2(c3ccc(O)cc3Oc3cc(OC/C=C/COc4c(O)ccc5c4OCCC5c4cc(O)c(O)cc4CCO)ccc32)c2ccccc21. The van der Waals surface area contributed by atoms with E-state index in [1.54, 1.807) is 48.6 Å². The van der Waals surface area contributed by atoms with Crippen LogP contribution in [-0.2, 0) is 16.8 Å². The van der Waals surface area contributed by atoms with Crippen LogP contribution >= 0.6 is 0 Å².